The number of nitrogens with two attached hydrogens (primary N) is 2. The van der Waals surface area contributed by atoms with Crippen LogP contribution in [0.3, 0.4) is 0 Å². The Balaban J connectivity index is 0.000000200. The summed E-state index contributed by atoms with van der Waals surface area (Å²) in [5.74, 6) is 1.30. The highest BCUT2D eigenvalue weighted by molar-refractivity contribution is 6.32. The first kappa shape index (κ1) is 16.3. The summed E-state index contributed by atoms with van der Waals surface area (Å²) in [6.07, 6.45) is 0. The molecule has 4 N–H and O–H groups in total. The number of nitrogen functional groups attached to an aromatic ring is 2. The van der Waals surface area contributed by atoms with E-state index in [1.807, 2.05) is 0 Å². The van der Waals surface area contributed by atoms with Crippen LogP contribution in [0.4, 0.5) is 11.4 Å². The molecule has 0 fully saturated rings. The van der Waals surface area contributed by atoms with Gasteiger partial charge >= 0.3 is 0 Å². The molecule has 2 aromatic carbocycles. The Hall–Kier alpha value is -1.78. The van der Waals surface area contributed by atoms with E-state index in [4.69, 9.17) is 44.1 Å². The van der Waals surface area contributed by atoms with Crippen LogP contribution in [0.15, 0.2) is 36.4 Å². The summed E-state index contributed by atoms with van der Waals surface area (Å²) >= 11 is 11.4. The van der Waals surface area contributed by atoms with Crippen molar-refractivity contribution in [1.82, 2.24) is 0 Å². The Labute approximate surface area is 128 Å². The van der Waals surface area contributed by atoms with Crippen LogP contribution < -0.4 is 20.9 Å². The van der Waals surface area contributed by atoms with Gasteiger partial charge in [0.05, 0.1) is 24.3 Å². The first-order valence-corrected chi connectivity index (χ1v) is 6.41. The van der Waals surface area contributed by atoms with Gasteiger partial charge in [0.25, 0.3) is 0 Å². The average molecular weight is 315 g/mol. The largest absolute Gasteiger partial charge is 0.495 e. The Morgan fingerprint density at radius 1 is 0.750 bits per heavy atom. The number of anilines is 2. The lowest BCUT2D eigenvalue weighted by Gasteiger charge is -2.01. The predicted molar refractivity (Wildman–Crippen MR) is 84.8 cm³/mol. The number of benzene rings is 2. The van der Waals surface area contributed by atoms with Gasteiger partial charge in [-0.1, -0.05) is 23.2 Å². The van der Waals surface area contributed by atoms with Crippen LogP contribution in [0.1, 0.15) is 0 Å². The van der Waals surface area contributed by atoms with E-state index in [0.29, 0.717) is 32.9 Å². The third kappa shape index (κ3) is 4.72. The van der Waals surface area contributed by atoms with E-state index >= 15 is 0 Å². The van der Waals surface area contributed by atoms with Gasteiger partial charge in [-0.05, 0) is 36.4 Å². The summed E-state index contributed by atoms with van der Waals surface area (Å²) < 4.78 is 9.82. The fraction of sp³-hybridized carbons (Fsp3) is 0.143. The zero-order valence-electron chi connectivity index (χ0n) is 11.2. The Morgan fingerprint density at radius 3 is 1.35 bits per heavy atom. The molecular formula is C14H16Cl2N2O2. The SMILES string of the molecule is COc1ccc(N)cc1Cl.COc1ccc(N)cc1Cl. The van der Waals surface area contributed by atoms with Crippen molar-refractivity contribution >= 4 is 34.6 Å². The van der Waals surface area contributed by atoms with Gasteiger partial charge in [-0.3, -0.25) is 0 Å². The number of rotatable bonds is 2. The van der Waals surface area contributed by atoms with Crippen molar-refractivity contribution in [1.29, 1.82) is 0 Å². The van der Waals surface area contributed by atoms with E-state index in [2.05, 4.69) is 0 Å². The molecule has 2 aromatic rings. The molecule has 0 aliphatic heterocycles. The van der Waals surface area contributed by atoms with Crippen molar-refractivity contribution in [3.8, 4) is 11.5 Å². The van der Waals surface area contributed by atoms with Crippen LogP contribution >= 0.6 is 23.2 Å². The van der Waals surface area contributed by atoms with Crippen LogP contribution in [-0.2, 0) is 0 Å². The van der Waals surface area contributed by atoms with Gasteiger partial charge in [-0.25, -0.2) is 0 Å². The Kier molecular flexibility index (Phi) is 6.28. The predicted octanol–water partition coefficient (Wildman–Crippen LogP) is 3.86. The highest BCUT2D eigenvalue weighted by Crippen LogP contribution is 2.26. The molecular weight excluding hydrogens is 299 g/mol. The second-order valence-corrected chi connectivity index (χ2v) is 4.60. The van der Waals surface area contributed by atoms with Gasteiger partial charge in [-0.2, -0.15) is 0 Å². The molecule has 0 unspecified atom stereocenters. The highest BCUT2D eigenvalue weighted by Gasteiger charge is 1.98. The molecule has 0 saturated heterocycles. The van der Waals surface area contributed by atoms with Gasteiger partial charge in [0.15, 0.2) is 0 Å². The molecule has 0 aliphatic carbocycles. The second kappa shape index (κ2) is 7.72. The molecule has 0 atom stereocenters. The first-order chi connectivity index (χ1) is 9.47. The Morgan fingerprint density at radius 2 is 1.10 bits per heavy atom. The summed E-state index contributed by atoms with van der Waals surface area (Å²) in [5.41, 5.74) is 12.2. The maximum Gasteiger partial charge on any atom is 0.137 e. The standard InChI is InChI=1S/2C7H8ClNO/c2*1-10-7-3-2-5(9)4-6(7)8/h2*2-4H,9H2,1H3. The van der Waals surface area contributed by atoms with Gasteiger partial charge in [0.2, 0.25) is 0 Å². The summed E-state index contributed by atoms with van der Waals surface area (Å²) in [6.45, 7) is 0. The maximum absolute atomic E-state index is 5.72. The lowest BCUT2D eigenvalue weighted by molar-refractivity contribution is 0.415. The van der Waals surface area contributed by atoms with E-state index in [-0.39, 0.29) is 0 Å². The van der Waals surface area contributed by atoms with Crippen molar-refractivity contribution in [3.63, 3.8) is 0 Å². The molecule has 0 spiro atoms. The second-order valence-electron chi connectivity index (χ2n) is 3.79. The van der Waals surface area contributed by atoms with Gasteiger partial charge in [0.1, 0.15) is 11.5 Å². The topological polar surface area (TPSA) is 70.5 Å². The van der Waals surface area contributed by atoms with E-state index < -0.39 is 0 Å². The van der Waals surface area contributed by atoms with Gasteiger partial charge in [-0.15, -0.1) is 0 Å². The summed E-state index contributed by atoms with van der Waals surface area (Å²) in [4.78, 5) is 0. The molecule has 0 saturated carbocycles. The lowest BCUT2D eigenvalue weighted by Crippen LogP contribution is -1.87. The normalized spacial score (nSPS) is 9.40. The average Bonchev–Trinajstić information content (AvgIpc) is 2.40. The fourth-order valence-corrected chi connectivity index (χ4v) is 1.90. The minimum Gasteiger partial charge on any atom is -0.495 e. The van der Waals surface area contributed by atoms with E-state index in [9.17, 15) is 0 Å². The summed E-state index contributed by atoms with van der Waals surface area (Å²) in [5, 5.41) is 1.09. The molecule has 0 aliphatic rings. The third-order valence-corrected chi connectivity index (χ3v) is 2.94. The highest BCUT2D eigenvalue weighted by atomic mass is 35.5. The molecule has 0 aromatic heterocycles. The van der Waals surface area contributed by atoms with Crippen molar-refractivity contribution in [2.75, 3.05) is 25.7 Å². The molecule has 0 radical (unpaired) electrons. The molecule has 20 heavy (non-hydrogen) atoms. The fourth-order valence-electron chi connectivity index (χ4n) is 1.37. The third-order valence-electron chi connectivity index (χ3n) is 2.35. The molecule has 0 amide bonds. The smallest absolute Gasteiger partial charge is 0.137 e. The van der Waals surface area contributed by atoms with E-state index in [1.165, 1.54) is 0 Å². The van der Waals surface area contributed by atoms with Crippen LogP contribution in [0, 0.1) is 0 Å². The Bertz CT molecular complexity index is 526. The van der Waals surface area contributed by atoms with Crippen LogP contribution in [-0.4, -0.2) is 14.2 Å². The number of hydrogen-bond donors (Lipinski definition) is 2. The number of halogens is 2. The van der Waals surface area contributed by atoms with Crippen LogP contribution in [0.5, 0.6) is 11.5 Å². The lowest BCUT2D eigenvalue weighted by atomic mass is 10.3. The molecule has 2 rings (SSSR count). The van der Waals surface area contributed by atoms with Gasteiger partial charge in [0, 0.05) is 11.4 Å². The zero-order chi connectivity index (χ0) is 15.1. The minimum atomic E-state index is 0.544. The van der Waals surface area contributed by atoms with E-state index in [0.717, 1.165) is 0 Å². The monoisotopic (exact) mass is 314 g/mol. The number of ether oxygens (including phenoxy) is 2. The molecule has 4 nitrogen and oxygen atoms in total. The van der Waals surface area contributed by atoms with Crippen LogP contribution in [0.2, 0.25) is 10.0 Å². The van der Waals surface area contributed by atoms with Gasteiger partial charge < -0.3 is 20.9 Å². The summed E-state index contributed by atoms with van der Waals surface area (Å²) in [7, 11) is 3.13. The molecule has 0 bridgehead atoms. The first-order valence-electron chi connectivity index (χ1n) is 5.66. The zero-order valence-corrected chi connectivity index (χ0v) is 12.7. The quantitative estimate of drug-likeness (QED) is 0.826. The van der Waals surface area contributed by atoms with Crippen molar-refractivity contribution < 1.29 is 9.47 Å². The minimum absolute atomic E-state index is 0.544. The van der Waals surface area contributed by atoms with Crippen molar-refractivity contribution in [2.45, 2.75) is 0 Å². The van der Waals surface area contributed by atoms with Crippen molar-refractivity contribution in [2.24, 2.45) is 0 Å². The molecule has 6 heteroatoms. The molecule has 108 valence electrons. The number of methoxy groups -OCH3 is 2. The van der Waals surface area contributed by atoms with Crippen LogP contribution in [0.25, 0.3) is 0 Å². The summed E-state index contributed by atoms with van der Waals surface area (Å²) in [6, 6.07) is 10.3. The van der Waals surface area contributed by atoms with Crippen molar-refractivity contribution in [3.05, 3.63) is 46.4 Å². The van der Waals surface area contributed by atoms with E-state index in [1.54, 1.807) is 50.6 Å². The number of hydrogen-bond acceptors (Lipinski definition) is 4. The maximum atomic E-state index is 5.72. The molecule has 0 heterocycles.